The molecule has 0 amide bonds. The van der Waals surface area contributed by atoms with Crippen molar-refractivity contribution < 1.29 is 23.1 Å². The van der Waals surface area contributed by atoms with Crippen LogP contribution in [0.1, 0.15) is 0 Å². The Morgan fingerprint density at radius 1 is 0.688 bits per heavy atom. The highest BCUT2D eigenvalue weighted by atomic mass is 32.2. The number of hydrogen-bond acceptors (Lipinski definition) is 6. The van der Waals surface area contributed by atoms with E-state index in [4.69, 9.17) is 23.1 Å². The van der Waals surface area contributed by atoms with Crippen molar-refractivity contribution in [1.29, 1.82) is 0 Å². The van der Waals surface area contributed by atoms with Crippen molar-refractivity contribution in [3.05, 3.63) is 0 Å². The van der Waals surface area contributed by atoms with Crippen LogP contribution in [0.2, 0.25) is 0 Å². The molecule has 0 heterocycles. The maximum atomic E-state index is 5.28. The lowest BCUT2D eigenvalue weighted by molar-refractivity contribution is 0.000872. The van der Waals surface area contributed by atoms with E-state index in [1.165, 1.54) is 12.0 Å². The van der Waals surface area contributed by atoms with E-state index in [0.29, 0.717) is 52.9 Å². The predicted octanol–water partition coefficient (Wildman–Crippen LogP) is 0.977. The van der Waals surface area contributed by atoms with Gasteiger partial charge in [0.15, 0.2) is 0 Å². The van der Waals surface area contributed by atoms with Gasteiger partial charge in [0.2, 0.25) is 0 Å². The van der Waals surface area contributed by atoms with Crippen molar-refractivity contribution in [3.8, 4) is 0 Å². The van der Waals surface area contributed by atoms with Crippen molar-refractivity contribution in [2.45, 2.75) is 0 Å². The van der Waals surface area contributed by atoms with Crippen LogP contribution >= 0.6 is 12.0 Å². The van der Waals surface area contributed by atoms with Crippen LogP contribution in [0.4, 0.5) is 0 Å². The fourth-order valence-electron chi connectivity index (χ4n) is 0.860. The van der Waals surface area contributed by atoms with Gasteiger partial charge in [-0.15, -0.1) is 0 Å². The molecule has 0 fully saturated rings. The summed E-state index contributed by atoms with van der Waals surface area (Å²) in [6.07, 6.45) is 1.88. The van der Waals surface area contributed by atoms with Gasteiger partial charge in [-0.3, -0.25) is 0 Å². The van der Waals surface area contributed by atoms with Gasteiger partial charge >= 0.3 is 0 Å². The second kappa shape index (κ2) is 15.1. The molecule has 0 aromatic carbocycles. The molecule has 0 radical (unpaired) electrons. The lowest BCUT2D eigenvalue weighted by atomic mass is 10.7. The molecule has 0 unspecified atom stereocenters. The lowest BCUT2D eigenvalue weighted by Crippen LogP contribution is -2.12. The zero-order valence-electron chi connectivity index (χ0n) is 10.1. The van der Waals surface area contributed by atoms with Crippen molar-refractivity contribution in [2.24, 2.45) is 0 Å². The third-order valence-electron chi connectivity index (χ3n) is 1.60. The molecule has 0 atom stereocenters. The second-order valence-electron chi connectivity index (χ2n) is 2.82. The standard InChI is InChI=1S/C10H22O5S/c1-11-3-4-12-5-6-13-7-8-14-9-10-15-16-2/h3-10H2,1-2H3. The molecule has 0 rings (SSSR count). The van der Waals surface area contributed by atoms with Crippen LogP contribution < -0.4 is 0 Å². The molecule has 0 aliphatic heterocycles. The number of hydrogen-bond donors (Lipinski definition) is 0. The van der Waals surface area contributed by atoms with Gasteiger partial charge in [-0.1, -0.05) is 0 Å². The highest BCUT2D eigenvalue weighted by Crippen LogP contribution is 1.92. The van der Waals surface area contributed by atoms with Crippen LogP contribution in [0, 0.1) is 0 Å². The first-order chi connectivity index (χ1) is 7.91. The summed E-state index contributed by atoms with van der Waals surface area (Å²) in [5.41, 5.74) is 0. The summed E-state index contributed by atoms with van der Waals surface area (Å²) in [5.74, 6) is 0. The van der Waals surface area contributed by atoms with E-state index in [1.54, 1.807) is 7.11 Å². The van der Waals surface area contributed by atoms with Crippen molar-refractivity contribution in [1.82, 2.24) is 0 Å². The Morgan fingerprint density at radius 3 is 1.56 bits per heavy atom. The molecule has 0 spiro atoms. The molecule has 0 saturated carbocycles. The molecule has 0 N–H and O–H groups in total. The Kier molecular flexibility index (Phi) is 15.3. The zero-order valence-corrected chi connectivity index (χ0v) is 10.9. The van der Waals surface area contributed by atoms with Crippen molar-refractivity contribution in [3.63, 3.8) is 0 Å². The zero-order chi connectivity index (χ0) is 11.9. The smallest absolute Gasteiger partial charge is 0.0847 e. The van der Waals surface area contributed by atoms with E-state index in [1.807, 2.05) is 6.26 Å². The van der Waals surface area contributed by atoms with Gasteiger partial charge in [0, 0.05) is 13.4 Å². The molecule has 6 heteroatoms. The summed E-state index contributed by atoms with van der Waals surface area (Å²) in [4.78, 5) is 0. The summed E-state index contributed by atoms with van der Waals surface area (Å²) in [5, 5.41) is 0. The normalized spacial score (nSPS) is 10.9. The fraction of sp³-hybridized carbons (Fsp3) is 1.00. The van der Waals surface area contributed by atoms with Gasteiger partial charge < -0.3 is 23.1 Å². The molecule has 0 aliphatic rings. The third kappa shape index (κ3) is 14.1. The molecule has 0 aliphatic carbocycles. The van der Waals surface area contributed by atoms with Crippen LogP contribution in [0.25, 0.3) is 0 Å². The number of ether oxygens (including phenoxy) is 4. The molecule has 0 aromatic heterocycles. The Bertz CT molecular complexity index is 112. The second-order valence-corrected chi connectivity index (χ2v) is 3.39. The molecule has 0 saturated heterocycles. The molecule has 16 heavy (non-hydrogen) atoms. The minimum absolute atomic E-state index is 0.590. The average Bonchev–Trinajstić information content (AvgIpc) is 2.31. The van der Waals surface area contributed by atoms with E-state index in [2.05, 4.69) is 0 Å². The Morgan fingerprint density at radius 2 is 1.12 bits per heavy atom. The largest absolute Gasteiger partial charge is 0.382 e. The van der Waals surface area contributed by atoms with Crippen LogP contribution in [-0.4, -0.2) is 66.2 Å². The average molecular weight is 254 g/mol. The summed E-state index contributed by atoms with van der Waals surface area (Å²) >= 11 is 1.34. The van der Waals surface area contributed by atoms with Gasteiger partial charge in [0.05, 0.1) is 52.9 Å². The first kappa shape index (κ1) is 16.1. The Balaban J connectivity index is 2.83. The topological polar surface area (TPSA) is 46.2 Å². The van der Waals surface area contributed by atoms with Gasteiger partial charge in [-0.05, 0) is 12.0 Å². The van der Waals surface area contributed by atoms with Crippen LogP contribution in [0.15, 0.2) is 0 Å². The van der Waals surface area contributed by atoms with Crippen LogP contribution in [0.5, 0.6) is 0 Å². The Hall–Kier alpha value is 0.150. The lowest BCUT2D eigenvalue weighted by Gasteiger charge is -2.06. The third-order valence-corrected chi connectivity index (χ3v) is 2.01. The molecule has 98 valence electrons. The van der Waals surface area contributed by atoms with E-state index >= 15 is 0 Å². The maximum absolute atomic E-state index is 5.28. The summed E-state index contributed by atoms with van der Waals surface area (Å²) in [7, 11) is 1.65. The van der Waals surface area contributed by atoms with Crippen molar-refractivity contribution >= 4 is 12.0 Å². The first-order valence-electron chi connectivity index (χ1n) is 5.29. The van der Waals surface area contributed by atoms with Gasteiger partial charge in [0.25, 0.3) is 0 Å². The highest BCUT2D eigenvalue weighted by molar-refractivity contribution is 7.93. The number of methoxy groups -OCH3 is 1. The monoisotopic (exact) mass is 254 g/mol. The number of rotatable bonds is 13. The van der Waals surface area contributed by atoms with Crippen LogP contribution in [0.3, 0.4) is 0 Å². The summed E-state index contributed by atoms with van der Waals surface area (Å²) in [6.45, 7) is 4.83. The minimum atomic E-state index is 0.590. The molecule has 5 nitrogen and oxygen atoms in total. The molecular formula is C10H22O5S. The van der Waals surface area contributed by atoms with Crippen molar-refractivity contribution in [2.75, 3.05) is 66.2 Å². The maximum Gasteiger partial charge on any atom is 0.0847 e. The van der Waals surface area contributed by atoms with Gasteiger partial charge in [-0.25, -0.2) is 0 Å². The summed E-state index contributed by atoms with van der Waals surface area (Å²) in [6, 6.07) is 0. The van der Waals surface area contributed by atoms with E-state index in [0.717, 1.165) is 0 Å². The first-order valence-corrected chi connectivity index (χ1v) is 6.44. The quantitative estimate of drug-likeness (QED) is 0.361. The highest BCUT2D eigenvalue weighted by Gasteiger charge is 1.91. The van der Waals surface area contributed by atoms with E-state index in [-0.39, 0.29) is 0 Å². The Labute approximate surface area is 102 Å². The fourth-order valence-corrected chi connectivity index (χ4v) is 1.10. The van der Waals surface area contributed by atoms with E-state index < -0.39 is 0 Å². The van der Waals surface area contributed by atoms with Crippen LogP contribution in [-0.2, 0) is 23.1 Å². The molecule has 0 aromatic rings. The van der Waals surface area contributed by atoms with Gasteiger partial charge in [-0.2, -0.15) is 0 Å². The minimum Gasteiger partial charge on any atom is -0.382 e. The summed E-state index contributed by atoms with van der Waals surface area (Å²) < 4.78 is 25.6. The van der Waals surface area contributed by atoms with E-state index in [9.17, 15) is 0 Å². The molecular weight excluding hydrogens is 232 g/mol. The molecule has 0 bridgehead atoms. The SMILES string of the molecule is COCCOCCOCCOCCOSC. The predicted molar refractivity (Wildman–Crippen MR) is 63.8 cm³/mol. The van der Waals surface area contributed by atoms with Gasteiger partial charge in [0.1, 0.15) is 0 Å².